The number of anilines is 1. The van der Waals surface area contributed by atoms with Crippen LogP contribution in [-0.2, 0) is 0 Å². The van der Waals surface area contributed by atoms with E-state index in [0.29, 0.717) is 0 Å². The summed E-state index contributed by atoms with van der Waals surface area (Å²) in [5.41, 5.74) is 1.14. The second kappa shape index (κ2) is 5.82. The van der Waals surface area contributed by atoms with Crippen molar-refractivity contribution in [3.05, 3.63) is 22.7 Å². The number of nitrogens with one attached hydrogen (secondary N) is 1. The first kappa shape index (κ1) is 12.1. The van der Waals surface area contributed by atoms with Crippen LogP contribution in [0.15, 0.2) is 22.7 Å². The summed E-state index contributed by atoms with van der Waals surface area (Å²) in [6.07, 6.45) is 1.34. The molecule has 2 rings (SSSR count). The highest BCUT2D eigenvalue weighted by molar-refractivity contribution is 9.10. The van der Waals surface area contributed by atoms with Gasteiger partial charge < -0.3 is 10.1 Å². The largest absolute Gasteiger partial charge is 0.495 e. The minimum Gasteiger partial charge on any atom is -0.495 e. The summed E-state index contributed by atoms with van der Waals surface area (Å²) < 4.78 is 6.26. The molecule has 16 heavy (non-hydrogen) atoms. The van der Waals surface area contributed by atoms with Crippen LogP contribution >= 0.6 is 27.7 Å². The van der Waals surface area contributed by atoms with Gasteiger partial charge in [-0.25, -0.2) is 0 Å². The zero-order chi connectivity index (χ0) is 11.4. The minimum atomic E-state index is 0.819. The van der Waals surface area contributed by atoms with E-state index in [9.17, 15) is 0 Å². The second-order valence-corrected chi connectivity index (χ2v) is 5.96. The summed E-state index contributed by atoms with van der Waals surface area (Å²) in [5, 5.41) is 3.47. The normalized spacial score (nSPS) is 19.8. The molecule has 0 amide bonds. The van der Waals surface area contributed by atoms with E-state index < -0.39 is 0 Å². The van der Waals surface area contributed by atoms with Crippen molar-refractivity contribution in [2.75, 3.05) is 30.5 Å². The molecule has 0 bridgehead atoms. The summed E-state index contributed by atoms with van der Waals surface area (Å²) >= 11 is 5.51. The van der Waals surface area contributed by atoms with Crippen LogP contribution in [0.4, 0.5) is 5.69 Å². The van der Waals surface area contributed by atoms with E-state index in [1.54, 1.807) is 7.11 Å². The van der Waals surface area contributed by atoms with Gasteiger partial charge in [0.05, 0.1) is 11.6 Å². The summed E-state index contributed by atoms with van der Waals surface area (Å²) in [4.78, 5) is 0. The fraction of sp³-hybridized carbons (Fsp3) is 0.500. The molecule has 1 unspecified atom stereocenters. The Morgan fingerprint density at radius 1 is 1.56 bits per heavy atom. The van der Waals surface area contributed by atoms with Gasteiger partial charge in [0.1, 0.15) is 5.75 Å². The molecule has 1 aliphatic rings. The van der Waals surface area contributed by atoms with Crippen LogP contribution in [0.1, 0.15) is 6.42 Å². The van der Waals surface area contributed by atoms with Crippen molar-refractivity contribution in [1.29, 1.82) is 0 Å². The highest BCUT2D eigenvalue weighted by Crippen LogP contribution is 2.29. The third kappa shape index (κ3) is 3.08. The van der Waals surface area contributed by atoms with Crippen molar-refractivity contribution in [3.8, 4) is 5.75 Å². The minimum absolute atomic E-state index is 0.819. The highest BCUT2D eigenvalue weighted by Gasteiger charge is 2.14. The van der Waals surface area contributed by atoms with E-state index in [4.69, 9.17) is 4.74 Å². The van der Waals surface area contributed by atoms with Crippen LogP contribution < -0.4 is 10.1 Å². The van der Waals surface area contributed by atoms with E-state index in [2.05, 4.69) is 39.1 Å². The molecule has 2 nitrogen and oxygen atoms in total. The average molecular weight is 302 g/mol. The maximum Gasteiger partial charge on any atom is 0.135 e. The lowest BCUT2D eigenvalue weighted by molar-refractivity contribution is 0.412. The first-order valence-electron chi connectivity index (χ1n) is 5.45. The molecular weight excluding hydrogens is 286 g/mol. The molecule has 88 valence electrons. The van der Waals surface area contributed by atoms with Crippen molar-refractivity contribution in [2.45, 2.75) is 6.42 Å². The van der Waals surface area contributed by atoms with Crippen LogP contribution in [-0.4, -0.2) is 25.2 Å². The molecule has 1 fully saturated rings. The molecule has 4 heteroatoms. The van der Waals surface area contributed by atoms with Gasteiger partial charge in [-0.15, -0.1) is 0 Å². The molecule has 1 N–H and O–H groups in total. The molecule has 1 aromatic carbocycles. The topological polar surface area (TPSA) is 21.3 Å². The molecule has 0 saturated carbocycles. The predicted molar refractivity (Wildman–Crippen MR) is 74.6 cm³/mol. The third-order valence-electron chi connectivity index (χ3n) is 2.77. The van der Waals surface area contributed by atoms with Gasteiger partial charge in [-0.05, 0) is 51.9 Å². The Morgan fingerprint density at radius 2 is 2.44 bits per heavy atom. The lowest BCUT2D eigenvalue weighted by atomic mass is 10.1. The fourth-order valence-electron chi connectivity index (χ4n) is 1.78. The molecule has 0 radical (unpaired) electrons. The molecule has 1 aromatic rings. The number of methoxy groups -OCH3 is 1. The van der Waals surface area contributed by atoms with Gasteiger partial charge in [-0.1, -0.05) is 0 Å². The summed E-state index contributed by atoms with van der Waals surface area (Å²) in [6.45, 7) is 1.07. The zero-order valence-corrected chi connectivity index (χ0v) is 11.7. The third-order valence-corrected chi connectivity index (χ3v) is 4.66. The number of halogens is 1. The average Bonchev–Trinajstić information content (AvgIpc) is 2.81. The lowest BCUT2D eigenvalue weighted by Crippen LogP contribution is -2.13. The maximum atomic E-state index is 5.27. The first-order chi connectivity index (χ1) is 7.79. The summed E-state index contributed by atoms with van der Waals surface area (Å²) in [7, 11) is 1.69. The van der Waals surface area contributed by atoms with Crippen molar-refractivity contribution >= 4 is 33.4 Å². The highest BCUT2D eigenvalue weighted by atomic mass is 79.9. The Morgan fingerprint density at radius 3 is 3.12 bits per heavy atom. The van der Waals surface area contributed by atoms with Crippen molar-refractivity contribution in [1.82, 2.24) is 0 Å². The SMILES string of the molecule is COc1cc(NCC2CCSC2)ccc1Br. The van der Waals surface area contributed by atoms with E-state index in [1.165, 1.54) is 17.9 Å². The van der Waals surface area contributed by atoms with Crippen LogP contribution in [0.2, 0.25) is 0 Å². The van der Waals surface area contributed by atoms with E-state index in [-0.39, 0.29) is 0 Å². The maximum absolute atomic E-state index is 5.27. The number of hydrogen-bond donors (Lipinski definition) is 1. The van der Waals surface area contributed by atoms with Crippen molar-refractivity contribution in [2.24, 2.45) is 5.92 Å². The Hall–Kier alpha value is -0.350. The van der Waals surface area contributed by atoms with Gasteiger partial charge in [0, 0.05) is 18.3 Å². The number of hydrogen-bond acceptors (Lipinski definition) is 3. The number of ether oxygens (including phenoxy) is 1. The number of benzene rings is 1. The molecule has 1 heterocycles. The van der Waals surface area contributed by atoms with Crippen molar-refractivity contribution < 1.29 is 4.74 Å². The lowest BCUT2D eigenvalue weighted by Gasteiger charge is -2.12. The van der Waals surface area contributed by atoms with Crippen LogP contribution in [0.25, 0.3) is 0 Å². The van der Waals surface area contributed by atoms with Gasteiger partial charge >= 0.3 is 0 Å². The Labute approximate surface area is 109 Å². The standard InChI is InChI=1S/C12H16BrNOS/c1-15-12-6-10(2-3-11(12)13)14-7-9-4-5-16-8-9/h2-3,6,9,14H,4-5,7-8H2,1H3. The van der Waals surface area contributed by atoms with Crippen molar-refractivity contribution in [3.63, 3.8) is 0 Å². The van der Waals surface area contributed by atoms with E-state index in [1.807, 2.05) is 12.1 Å². The first-order valence-corrected chi connectivity index (χ1v) is 7.39. The number of rotatable bonds is 4. The van der Waals surface area contributed by atoms with Gasteiger partial charge in [0.15, 0.2) is 0 Å². The zero-order valence-electron chi connectivity index (χ0n) is 9.33. The molecule has 0 aliphatic carbocycles. The fourth-order valence-corrected chi connectivity index (χ4v) is 3.47. The predicted octanol–water partition coefficient (Wildman–Crippen LogP) is 3.62. The van der Waals surface area contributed by atoms with Gasteiger partial charge in [-0.3, -0.25) is 0 Å². The molecule has 1 aliphatic heterocycles. The summed E-state index contributed by atoms with van der Waals surface area (Å²) in [5.74, 6) is 4.31. The Balaban J connectivity index is 1.93. The molecular formula is C12H16BrNOS. The summed E-state index contributed by atoms with van der Waals surface area (Å²) in [6, 6.07) is 6.13. The van der Waals surface area contributed by atoms with Crippen LogP contribution in [0.3, 0.4) is 0 Å². The van der Waals surface area contributed by atoms with Gasteiger partial charge in [0.25, 0.3) is 0 Å². The molecule has 0 spiro atoms. The molecule has 1 saturated heterocycles. The van der Waals surface area contributed by atoms with E-state index in [0.717, 1.165) is 28.4 Å². The van der Waals surface area contributed by atoms with E-state index >= 15 is 0 Å². The van der Waals surface area contributed by atoms with Crippen LogP contribution in [0.5, 0.6) is 5.75 Å². The smallest absolute Gasteiger partial charge is 0.135 e. The monoisotopic (exact) mass is 301 g/mol. The Bertz CT molecular complexity index is 353. The van der Waals surface area contributed by atoms with Gasteiger partial charge in [0.2, 0.25) is 0 Å². The molecule has 0 aromatic heterocycles. The molecule has 1 atom stereocenters. The number of thioether (sulfide) groups is 1. The quantitative estimate of drug-likeness (QED) is 0.918. The van der Waals surface area contributed by atoms with Gasteiger partial charge in [-0.2, -0.15) is 11.8 Å². The Kier molecular flexibility index (Phi) is 4.41. The van der Waals surface area contributed by atoms with Crippen LogP contribution in [0, 0.1) is 5.92 Å². The second-order valence-electron chi connectivity index (χ2n) is 3.96.